The SMILES string of the molecule is Cl.NCC1CN(S(=O)(=O)c2ccc(Cl)c(Br)c2)CCO1. The highest BCUT2D eigenvalue weighted by atomic mass is 79.9. The van der Waals surface area contributed by atoms with Crippen LogP contribution in [-0.4, -0.2) is 45.1 Å². The van der Waals surface area contributed by atoms with Gasteiger partial charge in [0, 0.05) is 24.1 Å². The van der Waals surface area contributed by atoms with E-state index >= 15 is 0 Å². The van der Waals surface area contributed by atoms with Gasteiger partial charge in [-0.1, -0.05) is 11.6 Å². The van der Waals surface area contributed by atoms with Crippen molar-refractivity contribution in [3.8, 4) is 0 Å². The first kappa shape index (κ1) is 18.2. The van der Waals surface area contributed by atoms with Gasteiger partial charge in [-0.15, -0.1) is 12.4 Å². The van der Waals surface area contributed by atoms with Gasteiger partial charge in [0.2, 0.25) is 10.0 Å². The molecule has 1 fully saturated rings. The zero-order valence-corrected chi connectivity index (χ0v) is 14.4. The van der Waals surface area contributed by atoms with Crippen LogP contribution in [0.3, 0.4) is 0 Å². The zero-order chi connectivity index (χ0) is 14.0. The smallest absolute Gasteiger partial charge is 0.243 e. The first-order valence-electron chi connectivity index (χ1n) is 5.72. The van der Waals surface area contributed by atoms with E-state index in [4.69, 9.17) is 22.1 Å². The van der Waals surface area contributed by atoms with E-state index in [0.717, 1.165) is 0 Å². The van der Waals surface area contributed by atoms with Crippen molar-refractivity contribution >= 4 is 50.0 Å². The van der Waals surface area contributed by atoms with Crippen LogP contribution < -0.4 is 5.73 Å². The Morgan fingerprint density at radius 1 is 1.50 bits per heavy atom. The van der Waals surface area contributed by atoms with Gasteiger partial charge in [0.25, 0.3) is 0 Å². The summed E-state index contributed by atoms with van der Waals surface area (Å²) in [5, 5.41) is 0.473. The third-order valence-electron chi connectivity index (χ3n) is 2.89. The quantitative estimate of drug-likeness (QED) is 0.832. The second-order valence-corrected chi connectivity index (χ2v) is 7.37. The van der Waals surface area contributed by atoms with Crippen LogP contribution in [0.5, 0.6) is 0 Å². The number of benzene rings is 1. The third-order valence-corrected chi connectivity index (χ3v) is 5.97. The molecule has 0 spiro atoms. The molecule has 1 aliphatic heterocycles. The molecule has 9 heteroatoms. The Morgan fingerprint density at radius 3 is 2.80 bits per heavy atom. The van der Waals surface area contributed by atoms with Gasteiger partial charge in [-0.05, 0) is 34.1 Å². The first-order chi connectivity index (χ1) is 8.95. The molecule has 1 heterocycles. The molecule has 2 N–H and O–H groups in total. The van der Waals surface area contributed by atoms with Crippen molar-refractivity contribution in [3.05, 3.63) is 27.7 Å². The van der Waals surface area contributed by atoms with Crippen LogP contribution in [-0.2, 0) is 14.8 Å². The predicted molar refractivity (Wildman–Crippen MR) is 84.0 cm³/mol. The molecular formula is C11H15BrCl2N2O3S. The number of morpholine rings is 1. The summed E-state index contributed by atoms with van der Waals surface area (Å²) in [5.41, 5.74) is 5.52. The molecule has 5 nitrogen and oxygen atoms in total. The number of nitrogens with two attached hydrogens (primary N) is 1. The van der Waals surface area contributed by atoms with Crippen molar-refractivity contribution in [1.82, 2.24) is 4.31 Å². The van der Waals surface area contributed by atoms with Crippen LogP contribution in [0, 0.1) is 0 Å². The summed E-state index contributed by atoms with van der Waals surface area (Å²) >= 11 is 9.10. The largest absolute Gasteiger partial charge is 0.374 e. The molecule has 1 aromatic carbocycles. The summed E-state index contributed by atoms with van der Waals surface area (Å²) in [4.78, 5) is 0.210. The molecule has 1 aliphatic rings. The fourth-order valence-corrected chi connectivity index (χ4v) is 3.97. The van der Waals surface area contributed by atoms with Gasteiger partial charge in [0.15, 0.2) is 0 Å². The maximum absolute atomic E-state index is 12.5. The molecule has 20 heavy (non-hydrogen) atoms. The summed E-state index contributed by atoms with van der Waals surface area (Å²) in [5.74, 6) is 0. The second-order valence-electron chi connectivity index (χ2n) is 4.17. The molecule has 0 saturated carbocycles. The van der Waals surface area contributed by atoms with E-state index < -0.39 is 10.0 Å². The Hall–Kier alpha value is 0.110. The van der Waals surface area contributed by atoms with Crippen LogP contribution in [0.15, 0.2) is 27.6 Å². The standard InChI is InChI=1S/C11H14BrClN2O3S.ClH/c12-10-5-9(1-2-11(10)13)19(16,17)15-3-4-18-8(6-14)7-15;/h1-2,5,8H,3-4,6-7,14H2;1H. The van der Waals surface area contributed by atoms with E-state index in [-0.39, 0.29) is 30.0 Å². The van der Waals surface area contributed by atoms with Gasteiger partial charge in [0.05, 0.1) is 22.6 Å². The average Bonchev–Trinajstić information content (AvgIpc) is 2.41. The van der Waals surface area contributed by atoms with Gasteiger partial charge in [-0.3, -0.25) is 0 Å². The number of sulfonamides is 1. The Kier molecular flexibility index (Phi) is 6.72. The summed E-state index contributed by atoms with van der Waals surface area (Å²) in [7, 11) is -3.54. The lowest BCUT2D eigenvalue weighted by molar-refractivity contribution is 0.00450. The van der Waals surface area contributed by atoms with E-state index in [1.54, 1.807) is 6.07 Å². The number of halogens is 3. The minimum Gasteiger partial charge on any atom is -0.374 e. The molecule has 1 aromatic rings. The molecule has 1 atom stereocenters. The van der Waals surface area contributed by atoms with Gasteiger partial charge in [0.1, 0.15) is 0 Å². The van der Waals surface area contributed by atoms with Gasteiger partial charge in [-0.2, -0.15) is 4.31 Å². The minimum atomic E-state index is -3.54. The Labute approximate surface area is 138 Å². The number of nitrogens with zero attached hydrogens (tertiary/aromatic N) is 1. The lowest BCUT2D eigenvalue weighted by atomic mass is 10.3. The van der Waals surface area contributed by atoms with Gasteiger partial charge < -0.3 is 10.5 Å². The Balaban J connectivity index is 0.00000200. The summed E-state index contributed by atoms with van der Waals surface area (Å²) in [6.45, 7) is 1.27. The normalized spacial score (nSPS) is 20.4. The van der Waals surface area contributed by atoms with Crippen molar-refractivity contribution in [2.75, 3.05) is 26.2 Å². The highest BCUT2D eigenvalue weighted by molar-refractivity contribution is 9.10. The molecule has 0 aromatic heterocycles. The number of hydrogen-bond acceptors (Lipinski definition) is 4. The molecular weight excluding hydrogens is 391 g/mol. The first-order valence-corrected chi connectivity index (χ1v) is 8.33. The van der Waals surface area contributed by atoms with Crippen molar-refractivity contribution in [3.63, 3.8) is 0 Å². The summed E-state index contributed by atoms with van der Waals surface area (Å²) in [6, 6.07) is 4.55. The van der Waals surface area contributed by atoms with Crippen molar-refractivity contribution in [2.45, 2.75) is 11.0 Å². The molecule has 0 bridgehead atoms. The lowest BCUT2D eigenvalue weighted by Gasteiger charge is -2.31. The molecule has 1 saturated heterocycles. The van der Waals surface area contributed by atoms with E-state index in [2.05, 4.69) is 15.9 Å². The van der Waals surface area contributed by atoms with E-state index in [0.29, 0.717) is 29.2 Å². The van der Waals surface area contributed by atoms with Crippen LogP contribution in [0.1, 0.15) is 0 Å². The van der Waals surface area contributed by atoms with Gasteiger partial charge in [-0.25, -0.2) is 8.42 Å². The van der Waals surface area contributed by atoms with Crippen LogP contribution in [0.4, 0.5) is 0 Å². The summed E-state index contributed by atoms with van der Waals surface area (Å²) in [6.07, 6.45) is -0.251. The van der Waals surface area contributed by atoms with Crippen molar-refractivity contribution in [1.29, 1.82) is 0 Å². The lowest BCUT2D eigenvalue weighted by Crippen LogP contribution is -2.48. The van der Waals surface area contributed by atoms with E-state index in [9.17, 15) is 8.42 Å². The topological polar surface area (TPSA) is 72.6 Å². The van der Waals surface area contributed by atoms with Crippen LogP contribution in [0.25, 0.3) is 0 Å². The second kappa shape index (κ2) is 7.40. The molecule has 1 unspecified atom stereocenters. The number of hydrogen-bond donors (Lipinski definition) is 1. The maximum Gasteiger partial charge on any atom is 0.243 e. The monoisotopic (exact) mass is 404 g/mol. The van der Waals surface area contributed by atoms with E-state index in [1.807, 2.05) is 0 Å². The molecule has 0 radical (unpaired) electrons. The zero-order valence-electron chi connectivity index (χ0n) is 10.5. The van der Waals surface area contributed by atoms with Crippen LogP contribution in [0.2, 0.25) is 5.02 Å². The highest BCUT2D eigenvalue weighted by Gasteiger charge is 2.30. The third kappa shape index (κ3) is 3.85. The fraction of sp³-hybridized carbons (Fsp3) is 0.455. The van der Waals surface area contributed by atoms with Gasteiger partial charge >= 0.3 is 0 Å². The molecule has 2 rings (SSSR count). The maximum atomic E-state index is 12.5. The van der Waals surface area contributed by atoms with Crippen LogP contribution >= 0.6 is 39.9 Å². The van der Waals surface area contributed by atoms with Crippen molar-refractivity contribution < 1.29 is 13.2 Å². The molecule has 114 valence electrons. The number of rotatable bonds is 3. The summed E-state index contributed by atoms with van der Waals surface area (Å²) < 4.78 is 32.3. The predicted octanol–water partition coefficient (Wildman–Crippen LogP) is 1.87. The average molecular weight is 406 g/mol. The Morgan fingerprint density at radius 2 is 2.20 bits per heavy atom. The van der Waals surface area contributed by atoms with Crippen molar-refractivity contribution in [2.24, 2.45) is 5.73 Å². The molecule has 0 amide bonds. The highest BCUT2D eigenvalue weighted by Crippen LogP contribution is 2.27. The fourth-order valence-electron chi connectivity index (χ4n) is 1.84. The Bertz CT molecular complexity index is 571. The van der Waals surface area contributed by atoms with E-state index in [1.165, 1.54) is 16.4 Å². The molecule has 0 aliphatic carbocycles. The number of ether oxygens (including phenoxy) is 1. The minimum absolute atomic E-state index is 0.